The first-order chi connectivity index (χ1) is 14.4. The van der Waals surface area contributed by atoms with Crippen LogP contribution in [0.3, 0.4) is 0 Å². The fraction of sp³-hybridized carbons (Fsp3) is 0.100. The molecule has 10 heteroatoms. The minimum absolute atomic E-state index is 0.180. The van der Waals surface area contributed by atoms with Gasteiger partial charge in [-0.1, -0.05) is 53.5 Å². The molecular weight excluding hydrogens is 425 g/mol. The zero-order chi connectivity index (χ0) is 21.3. The summed E-state index contributed by atoms with van der Waals surface area (Å²) < 4.78 is 1.72. The maximum Gasteiger partial charge on any atom is 0.337 e. The van der Waals surface area contributed by atoms with Gasteiger partial charge in [-0.3, -0.25) is 10.9 Å². The lowest BCUT2D eigenvalue weighted by Gasteiger charge is -2.11. The van der Waals surface area contributed by atoms with Gasteiger partial charge >= 0.3 is 6.03 Å². The third kappa shape index (κ3) is 4.14. The Kier molecular flexibility index (Phi) is 5.43. The molecule has 3 aromatic heterocycles. The second-order valence-electron chi connectivity index (χ2n) is 6.57. The number of urea groups is 1. The SMILES string of the molecule is Cc1cc(NNC(=O)Nc2cc(Cl)nc(Cl)c2)nc2c1c(-c1ccccc1)nn2C. The molecule has 30 heavy (non-hydrogen) atoms. The third-order valence-corrected chi connectivity index (χ3v) is 4.75. The molecule has 4 rings (SSSR count). The van der Waals surface area contributed by atoms with E-state index in [2.05, 4.69) is 31.2 Å². The molecule has 1 aromatic carbocycles. The number of hydrazine groups is 1. The highest BCUT2D eigenvalue weighted by Gasteiger charge is 2.15. The summed E-state index contributed by atoms with van der Waals surface area (Å²) in [5.74, 6) is 0.476. The molecule has 0 unspecified atom stereocenters. The topological polar surface area (TPSA) is 96.8 Å². The monoisotopic (exact) mass is 441 g/mol. The molecule has 2 amide bonds. The van der Waals surface area contributed by atoms with Crippen LogP contribution in [0.5, 0.6) is 0 Å². The fourth-order valence-corrected chi connectivity index (χ4v) is 3.57. The van der Waals surface area contributed by atoms with Crippen LogP contribution in [0.25, 0.3) is 22.3 Å². The van der Waals surface area contributed by atoms with Crippen molar-refractivity contribution in [3.63, 3.8) is 0 Å². The fourth-order valence-electron chi connectivity index (χ4n) is 3.11. The highest BCUT2D eigenvalue weighted by molar-refractivity contribution is 6.33. The standard InChI is InChI=1S/C20H17Cl2N7O/c1-11-8-16(26-27-20(30)23-13-9-14(21)24-15(22)10-13)25-19-17(11)18(28-29(19)2)12-6-4-3-5-7-12/h3-10H,1-2H3,(H,25,26)(H2,23,24,27,30). The van der Waals surface area contributed by atoms with E-state index in [-0.39, 0.29) is 10.3 Å². The molecule has 0 radical (unpaired) electrons. The Morgan fingerprint density at radius 3 is 2.43 bits per heavy atom. The number of aromatic nitrogens is 4. The van der Waals surface area contributed by atoms with E-state index in [0.717, 1.165) is 22.2 Å². The van der Waals surface area contributed by atoms with Gasteiger partial charge in [0.1, 0.15) is 21.8 Å². The second-order valence-corrected chi connectivity index (χ2v) is 7.34. The lowest BCUT2D eigenvalue weighted by Crippen LogP contribution is -2.34. The van der Waals surface area contributed by atoms with Crippen LogP contribution in [0.1, 0.15) is 5.56 Å². The molecule has 3 heterocycles. The minimum Gasteiger partial charge on any atom is -0.306 e. The van der Waals surface area contributed by atoms with Crippen molar-refractivity contribution in [3.8, 4) is 11.3 Å². The Bertz CT molecular complexity index is 1220. The average Bonchev–Trinajstić information content (AvgIpc) is 3.03. The number of fused-ring (bicyclic) bond motifs is 1. The van der Waals surface area contributed by atoms with Crippen molar-refractivity contribution >= 4 is 51.8 Å². The summed E-state index contributed by atoms with van der Waals surface area (Å²) in [7, 11) is 1.84. The van der Waals surface area contributed by atoms with Gasteiger partial charge < -0.3 is 5.32 Å². The quantitative estimate of drug-likeness (QED) is 0.312. The number of benzene rings is 1. The number of amides is 2. The molecule has 4 aromatic rings. The van der Waals surface area contributed by atoms with E-state index >= 15 is 0 Å². The van der Waals surface area contributed by atoms with Gasteiger partial charge in [-0.2, -0.15) is 5.10 Å². The molecule has 0 atom stereocenters. The van der Waals surface area contributed by atoms with Gasteiger partial charge in [0.25, 0.3) is 0 Å². The highest BCUT2D eigenvalue weighted by atomic mass is 35.5. The smallest absolute Gasteiger partial charge is 0.306 e. The zero-order valence-corrected chi connectivity index (χ0v) is 17.6. The van der Waals surface area contributed by atoms with E-state index in [1.54, 1.807) is 4.68 Å². The van der Waals surface area contributed by atoms with Crippen LogP contribution in [0, 0.1) is 6.92 Å². The van der Waals surface area contributed by atoms with Crippen LogP contribution in [-0.2, 0) is 7.05 Å². The van der Waals surface area contributed by atoms with E-state index in [0.29, 0.717) is 17.2 Å². The number of anilines is 2. The molecule has 0 saturated carbocycles. The van der Waals surface area contributed by atoms with Crippen molar-refractivity contribution in [1.82, 2.24) is 25.2 Å². The van der Waals surface area contributed by atoms with Gasteiger partial charge in [0, 0.05) is 18.3 Å². The number of aryl methyl sites for hydroxylation is 2. The van der Waals surface area contributed by atoms with E-state index in [4.69, 9.17) is 23.2 Å². The Balaban J connectivity index is 1.54. The van der Waals surface area contributed by atoms with Gasteiger partial charge in [0.15, 0.2) is 5.65 Å². The molecule has 0 aliphatic rings. The Morgan fingerprint density at radius 1 is 1.03 bits per heavy atom. The van der Waals surface area contributed by atoms with E-state index in [1.165, 1.54) is 12.1 Å². The summed E-state index contributed by atoms with van der Waals surface area (Å²) in [4.78, 5) is 20.6. The van der Waals surface area contributed by atoms with Crippen molar-refractivity contribution in [2.45, 2.75) is 6.92 Å². The first-order valence-corrected chi connectivity index (χ1v) is 9.72. The van der Waals surface area contributed by atoms with Crippen molar-refractivity contribution in [3.05, 3.63) is 64.4 Å². The largest absolute Gasteiger partial charge is 0.337 e. The van der Waals surface area contributed by atoms with Gasteiger partial charge in [0.05, 0.1) is 5.39 Å². The van der Waals surface area contributed by atoms with Crippen LogP contribution < -0.4 is 16.2 Å². The van der Waals surface area contributed by atoms with Crippen LogP contribution in [-0.4, -0.2) is 25.8 Å². The number of rotatable bonds is 4. The third-order valence-electron chi connectivity index (χ3n) is 4.36. The Labute approximate surface area is 182 Å². The second kappa shape index (κ2) is 8.17. The summed E-state index contributed by atoms with van der Waals surface area (Å²) >= 11 is 11.7. The average molecular weight is 442 g/mol. The summed E-state index contributed by atoms with van der Waals surface area (Å²) in [5.41, 5.74) is 9.31. The van der Waals surface area contributed by atoms with Gasteiger partial charge in [-0.15, -0.1) is 0 Å². The molecule has 0 aliphatic heterocycles. The predicted molar refractivity (Wildman–Crippen MR) is 119 cm³/mol. The highest BCUT2D eigenvalue weighted by Crippen LogP contribution is 2.30. The molecule has 0 bridgehead atoms. The van der Waals surface area contributed by atoms with Crippen LogP contribution in [0.15, 0.2) is 48.5 Å². The molecule has 3 N–H and O–H groups in total. The normalized spacial score (nSPS) is 10.8. The lowest BCUT2D eigenvalue weighted by atomic mass is 10.1. The lowest BCUT2D eigenvalue weighted by molar-refractivity contribution is 0.254. The number of halogens is 2. The van der Waals surface area contributed by atoms with Gasteiger partial charge in [-0.25, -0.2) is 19.4 Å². The number of nitrogens with one attached hydrogen (secondary N) is 3. The van der Waals surface area contributed by atoms with Crippen molar-refractivity contribution in [1.29, 1.82) is 0 Å². The maximum absolute atomic E-state index is 12.2. The number of hydrogen-bond donors (Lipinski definition) is 3. The molecule has 152 valence electrons. The van der Waals surface area contributed by atoms with Crippen LogP contribution >= 0.6 is 23.2 Å². The van der Waals surface area contributed by atoms with E-state index in [9.17, 15) is 4.79 Å². The molecule has 0 fully saturated rings. The summed E-state index contributed by atoms with van der Waals surface area (Å²) in [5, 5.41) is 8.56. The predicted octanol–water partition coefficient (Wildman–Crippen LogP) is 4.79. The first-order valence-electron chi connectivity index (χ1n) is 8.96. The van der Waals surface area contributed by atoms with Gasteiger partial charge in [-0.05, 0) is 30.7 Å². The van der Waals surface area contributed by atoms with E-state index in [1.807, 2.05) is 50.4 Å². The number of nitrogens with zero attached hydrogens (tertiary/aromatic N) is 4. The van der Waals surface area contributed by atoms with Crippen molar-refractivity contribution < 1.29 is 4.79 Å². The molecule has 0 saturated heterocycles. The first kappa shape index (κ1) is 19.9. The zero-order valence-electron chi connectivity index (χ0n) is 16.1. The summed E-state index contributed by atoms with van der Waals surface area (Å²) in [6.07, 6.45) is 0. The Morgan fingerprint density at radius 2 is 1.73 bits per heavy atom. The molecule has 0 spiro atoms. The number of carbonyl (C=O) groups is 1. The van der Waals surface area contributed by atoms with Crippen LogP contribution in [0.2, 0.25) is 10.3 Å². The molecule has 8 nitrogen and oxygen atoms in total. The van der Waals surface area contributed by atoms with E-state index < -0.39 is 6.03 Å². The van der Waals surface area contributed by atoms with Crippen molar-refractivity contribution in [2.24, 2.45) is 7.05 Å². The minimum atomic E-state index is -0.511. The number of hydrogen-bond acceptors (Lipinski definition) is 5. The maximum atomic E-state index is 12.2. The number of carbonyl (C=O) groups excluding carboxylic acids is 1. The van der Waals surface area contributed by atoms with Gasteiger partial charge in [0.2, 0.25) is 0 Å². The number of pyridine rings is 2. The summed E-state index contributed by atoms with van der Waals surface area (Å²) in [6.45, 7) is 1.98. The Hall–Kier alpha value is -3.36. The summed E-state index contributed by atoms with van der Waals surface area (Å²) in [6, 6.07) is 14.2. The van der Waals surface area contributed by atoms with Crippen LogP contribution in [0.4, 0.5) is 16.3 Å². The molecule has 0 aliphatic carbocycles. The van der Waals surface area contributed by atoms with Crippen molar-refractivity contribution in [2.75, 3.05) is 10.7 Å². The molecular formula is C20H17Cl2N7O.